The van der Waals surface area contributed by atoms with Crippen molar-refractivity contribution in [2.75, 3.05) is 0 Å². The largest absolute Gasteiger partial charge is 0.135 e. The van der Waals surface area contributed by atoms with Crippen LogP contribution in [0.4, 0.5) is 0 Å². The van der Waals surface area contributed by atoms with Gasteiger partial charge in [-0.25, -0.2) is 0 Å². The third kappa shape index (κ3) is 0.903. The van der Waals surface area contributed by atoms with Crippen LogP contribution in [0.5, 0.6) is 0 Å². The number of hydrogen-bond acceptors (Lipinski definition) is 1. The highest BCUT2D eigenvalue weighted by Crippen LogP contribution is 2.52. The minimum Gasteiger partial charge on any atom is -0.135 e. The van der Waals surface area contributed by atoms with E-state index in [1.807, 2.05) is 11.3 Å². The van der Waals surface area contributed by atoms with Crippen LogP contribution in [0.2, 0.25) is 0 Å². The van der Waals surface area contributed by atoms with E-state index in [1.54, 1.807) is 0 Å². The number of benzene rings is 2. The zero-order valence-electron chi connectivity index (χ0n) is 9.37. The summed E-state index contributed by atoms with van der Waals surface area (Å²) >= 11 is 1.91. The van der Waals surface area contributed by atoms with Crippen molar-refractivity contribution in [2.24, 2.45) is 0 Å². The van der Waals surface area contributed by atoms with Crippen molar-refractivity contribution < 1.29 is 0 Å². The Labute approximate surface area is 98.5 Å². The second kappa shape index (κ2) is 2.49. The van der Waals surface area contributed by atoms with Crippen LogP contribution >= 0.6 is 11.3 Å². The quantitative estimate of drug-likeness (QED) is 0.519. The van der Waals surface area contributed by atoms with Gasteiger partial charge in [0.05, 0.1) is 0 Å². The van der Waals surface area contributed by atoms with Gasteiger partial charge in [-0.05, 0) is 29.3 Å². The molecule has 0 unspecified atom stereocenters. The Hall–Kier alpha value is -1.34. The molecule has 0 saturated heterocycles. The highest BCUT2D eigenvalue weighted by molar-refractivity contribution is 7.25. The van der Waals surface area contributed by atoms with Crippen LogP contribution in [0, 0.1) is 0 Å². The van der Waals surface area contributed by atoms with E-state index in [1.165, 1.54) is 31.3 Å². The lowest BCUT2D eigenvalue weighted by Gasteiger charge is -1.93. The second-order valence-electron chi connectivity index (χ2n) is 5.12. The smallest absolute Gasteiger partial charge is 0.0358 e. The lowest BCUT2D eigenvalue weighted by Crippen LogP contribution is -1.89. The van der Waals surface area contributed by atoms with E-state index in [0.29, 0.717) is 5.41 Å². The minimum atomic E-state index is 0.333. The Morgan fingerprint density at radius 2 is 1.62 bits per heavy atom. The summed E-state index contributed by atoms with van der Waals surface area (Å²) in [5.74, 6) is 0. The van der Waals surface area contributed by atoms with Gasteiger partial charge in [-0.15, -0.1) is 11.3 Å². The topological polar surface area (TPSA) is 0 Å². The molecule has 0 N–H and O–H groups in total. The molecule has 0 atom stereocenters. The van der Waals surface area contributed by atoms with E-state index in [2.05, 4.69) is 50.2 Å². The number of fused-ring (bicyclic) bond motifs is 4. The summed E-state index contributed by atoms with van der Waals surface area (Å²) in [4.78, 5) is 0. The fraction of sp³-hybridized carbons (Fsp3) is 0.200. The molecule has 1 aliphatic rings. The molecule has 1 heterocycles. The van der Waals surface area contributed by atoms with Crippen molar-refractivity contribution in [3.8, 4) is 0 Å². The van der Waals surface area contributed by atoms with Crippen molar-refractivity contribution >= 4 is 31.5 Å². The summed E-state index contributed by atoms with van der Waals surface area (Å²) in [5, 5.41) is 2.85. The Morgan fingerprint density at radius 3 is 2.50 bits per heavy atom. The summed E-state index contributed by atoms with van der Waals surface area (Å²) in [6.45, 7) is 4.62. The van der Waals surface area contributed by atoms with Gasteiger partial charge < -0.3 is 0 Å². The standard InChI is InChI=1S/C15H12S/c1-15(2)11-7-10-9-5-3-4-6-13(9)16-14(10)8-12(11)15/h3-8H,1-2H3. The van der Waals surface area contributed by atoms with Gasteiger partial charge in [0, 0.05) is 25.6 Å². The SMILES string of the molecule is CC1(C)c2cc3sc4ccccc4c3cc21. The van der Waals surface area contributed by atoms with E-state index in [9.17, 15) is 0 Å². The summed E-state index contributed by atoms with van der Waals surface area (Å²) in [6.07, 6.45) is 0. The van der Waals surface area contributed by atoms with Crippen molar-refractivity contribution in [3.05, 3.63) is 47.5 Å². The molecule has 0 fully saturated rings. The van der Waals surface area contributed by atoms with Gasteiger partial charge >= 0.3 is 0 Å². The lowest BCUT2D eigenvalue weighted by molar-refractivity contribution is 0.793. The molecule has 0 bridgehead atoms. The Kier molecular flexibility index (Phi) is 1.36. The maximum absolute atomic E-state index is 2.39. The van der Waals surface area contributed by atoms with Crippen molar-refractivity contribution in [1.82, 2.24) is 0 Å². The van der Waals surface area contributed by atoms with Gasteiger partial charge in [-0.3, -0.25) is 0 Å². The average molecular weight is 224 g/mol. The maximum Gasteiger partial charge on any atom is 0.0358 e. The number of rotatable bonds is 0. The molecule has 4 rings (SSSR count). The summed E-state index contributed by atoms with van der Waals surface area (Å²) in [7, 11) is 0. The zero-order valence-corrected chi connectivity index (χ0v) is 10.2. The molecule has 0 saturated carbocycles. The Balaban J connectivity index is 2.18. The normalized spacial score (nSPS) is 16.6. The van der Waals surface area contributed by atoms with Gasteiger partial charge in [-0.1, -0.05) is 32.0 Å². The number of thiophene rings is 1. The average Bonchev–Trinajstić information content (AvgIpc) is 2.69. The van der Waals surface area contributed by atoms with Gasteiger partial charge in [0.25, 0.3) is 0 Å². The predicted octanol–water partition coefficient (Wildman–Crippen LogP) is 4.69. The maximum atomic E-state index is 2.39. The van der Waals surface area contributed by atoms with Gasteiger partial charge in [0.15, 0.2) is 0 Å². The molecule has 0 amide bonds. The van der Waals surface area contributed by atoms with Crippen LogP contribution in [0.25, 0.3) is 20.2 Å². The van der Waals surface area contributed by atoms with Crippen LogP contribution < -0.4 is 0 Å². The molecule has 1 aliphatic carbocycles. The van der Waals surface area contributed by atoms with Crippen LogP contribution in [0.3, 0.4) is 0 Å². The molecule has 78 valence electrons. The first-order valence-corrected chi connectivity index (χ1v) is 6.46. The molecular formula is C15H12S. The Morgan fingerprint density at radius 1 is 0.875 bits per heavy atom. The van der Waals surface area contributed by atoms with Crippen LogP contribution in [-0.2, 0) is 5.41 Å². The molecule has 0 radical (unpaired) electrons. The van der Waals surface area contributed by atoms with E-state index in [-0.39, 0.29) is 0 Å². The molecule has 16 heavy (non-hydrogen) atoms. The van der Waals surface area contributed by atoms with Crippen molar-refractivity contribution in [2.45, 2.75) is 19.3 Å². The molecule has 1 aromatic heterocycles. The monoisotopic (exact) mass is 224 g/mol. The molecule has 0 spiro atoms. The van der Waals surface area contributed by atoms with Crippen LogP contribution in [0.1, 0.15) is 25.0 Å². The van der Waals surface area contributed by atoms with Crippen molar-refractivity contribution in [3.63, 3.8) is 0 Å². The van der Waals surface area contributed by atoms with E-state index >= 15 is 0 Å². The van der Waals surface area contributed by atoms with E-state index in [0.717, 1.165) is 0 Å². The number of hydrogen-bond donors (Lipinski definition) is 0. The highest BCUT2D eigenvalue weighted by Gasteiger charge is 2.41. The van der Waals surface area contributed by atoms with E-state index < -0.39 is 0 Å². The summed E-state index contributed by atoms with van der Waals surface area (Å²) in [5.41, 5.74) is 3.40. The second-order valence-corrected chi connectivity index (χ2v) is 6.20. The third-order valence-electron chi connectivity index (χ3n) is 3.80. The predicted molar refractivity (Wildman–Crippen MR) is 71.5 cm³/mol. The molecule has 3 aromatic rings. The highest BCUT2D eigenvalue weighted by atomic mass is 32.1. The van der Waals surface area contributed by atoms with Gasteiger partial charge in [-0.2, -0.15) is 0 Å². The molecular weight excluding hydrogens is 212 g/mol. The van der Waals surface area contributed by atoms with Crippen molar-refractivity contribution in [1.29, 1.82) is 0 Å². The molecule has 0 nitrogen and oxygen atoms in total. The molecule has 1 heteroatoms. The van der Waals surface area contributed by atoms with Crippen LogP contribution in [0.15, 0.2) is 36.4 Å². The fourth-order valence-electron chi connectivity index (χ4n) is 2.66. The van der Waals surface area contributed by atoms with E-state index in [4.69, 9.17) is 0 Å². The Bertz CT molecular complexity index is 732. The first kappa shape index (κ1) is 8.77. The first-order valence-electron chi connectivity index (χ1n) is 5.64. The van der Waals surface area contributed by atoms with Gasteiger partial charge in [0.2, 0.25) is 0 Å². The lowest BCUT2D eigenvalue weighted by atomic mass is 10.1. The molecule has 2 aromatic carbocycles. The molecule has 0 aliphatic heterocycles. The first-order chi connectivity index (χ1) is 7.68. The minimum absolute atomic E-state index is 0.333. The van der Waals surface area contributed by atoms with Crippen LogP contribution in [-0.4, -0.2) is 0 Å². The third-order valence-corrected chi connectivity index (χ3v) is 4.93. The zero-order chi connectivity index (χ0) is 10.9. The fourth-order valence-corrected chi connectivity index (χ4v) is 3.79. The summed E-state index contributed by atoms with van der Waals surface area (Å²) in [6, 6.07) is 13.5. The summed E-state index contributed by atoms with van der Waals surface area (Å²) < 4.78 is 2.84. The van der Waals surface area contributed by atoms with Gasteiger partial charge in [0.1, 0.15) is 0 Å².